The lowest BCUT2D eigenvalue weighted by molar-refractivity contribution is -0.0381. The lowest BCUT2D eigenvalue weighted by Crippen LogP contribution is -2.41. The summed E-state index contributed by atoms with van der Waals surface area (Å²) in [6, 6.07) is 1.76. The van der Waals surface area contributed by atoms with Crippen LogP contribution >= 0.6 is 11.6 Å². The summed E-state index contributed by atoms with van der Waals surface area (Å²) in [7, 11) is 0. The maximum absolute atomic E-state index is 13.2. The van der Waals surface area contributed by atoms with Gasteiger partial charge in [-0.15, -0.1) is 0 Å². The van der Waals surface area contributed by atoms with Crippen LogP contribution in [-0.4, -0.2) is 28.5 Å². The molecule has 1 aliphatic rings. The summed E-state index contributed by atoms with van der Waals surface area (Å²) in [5.41, 5.74) is 0.787. The van der Waals surface area contributed by atoms with Crippen molar-refractivity contribution < 1.29 is 8.78 Å². The largest absolute Gasteiger partial charge is 0.338 e. The fraction of sp³-hybridized carbons (Fsp3) is 0.692. The molecule has 19 heavy (non-hydrogen) atoms. The average Bonchev–Trinajstić information content (AvgIpc) is 2.31. The number of halogens is 3. The Balaban J connectivity index is 2.16. The van der Waals surface area contributed by atoms with Crippen LogP contribution in [0.5, 0.6) is 0 Å². The molecule has 0 unspecified atom stereocenters. The van der Waals surface area contributed by atoms with Gasteiger partial charge in [0.15, 0.2) is 0 Å². The maximum atomic E-state index is 13.2. The van der Waals surface area contributed by atoms with Gasteiger partial charge in [-0.1, -0.05) is 11.6 Å². The topological polar surface area (TPSA) is 29.0 Å². The van der Waals surface area contributed by atoms with Gasteiger partial charge < -0.3 is 4.90 Å². The van der Waals surface area contributed by atoms with Crippen molar-refractivity contribution in [3.05, 3.63) is 16.9 Å². The van der Waals surface area contributed by atoms with Crippen LogP contribution in [0.1, 0.15) is 38.3 Å². The van der Waals surface area contributed by atoms with Crippen LogP contribution in [0, 0.1) is 6.92 Å². The molecule has 1 fully saturated rings. The normalized spacial score (nSPS) is 19.4. The Morgan fingerprint density at radius 2 is 2.00 bits per heavy atom. The first kappa shape index (κ1) is 14.4. The zero-order chi connectivity index (χ0) is 14.0. The molecule has 6 heteroatoms. The molecule has 1 heterocycles. The molecule has 3 nitrogen and oxygen atoms in total. The molecule has 0 amide bonds. The van der Waals surface area contributed by atoms with Crippen LogP contribution in [0.25, 0.3) is 0 Å². The zero-order valence-electron chi connectivity index (χ0n) is 11.2. The monoisotopic (exact) mass is 289 g/mol. The summed E-state index contributed by atoms with van der Waals surface area (Å²) in [6.07, 6.45) is 0.812. The standard InChI is InChI=1S/C13H18ClF2N3/c1-3-19(10-4-6-13(15,16)7-5-10)12-17-9(2)8-11(14)18-12/h8,10H,3-7H2,1-2H3. The lowest BCUT2D eigenvalue weighted by atomic mass is 9.91. The highest BCUT2D eigenvalue weighted by atomic mass is 35.5. The Hall–Kier alpha value is -0.970. The molecular formula is C13H18ClF2N3. The summed E-state index contributed by atoms with van der Waals surface area (Å²) in [4.78, 5) is 10.5. The van der Waals surface area contributed by atoms with Crippen LogP contribution in [0.3, 0.4) is 0 Å². The van der Waals surface area contributed by atoms with E-state index in [0.29, 0.717) is 30.5 Å². The van der Waals surface area contributed by atoms with Crippen molar-refractivity contribution in [3.8, 4) is 0 Å². The molecule has 106 valence electrons. The molecule has 1 saturated carbocycles. The molecule has 0 spiro atoms. The van der Waals surface area contributed by atoms with Crippen LogP contribution in [-0.2, 0) is 0 Å². The van der Waals surface area contributed by atoms with E-state index in [4.69, 9.17) is 11.6 Å². The third-order valence-corrected chi connectivity index (χ3v) is 3.73. The average molecular weight is 290 g/mol. The Kier molecular flexibility index (Phi) is 4.23. The van der Waals surface area contributed by atoms with Crippen molar-refractivity contribution >= 4 is 17.5 Å². The highest BCUT2D eigenvalue weighted by Gasteiger charge is 2.37. The zero-order valence-corrected chi connectivity index (χ0v) is 11.9. The van der Waals surface area contributed by atoms with Gasteiger partial charge in [-0.05, 0) is 32.8 Å². The van der Waals surface area contributed by atoms with E-state index in [0.717, 1.165) is 5.69 Å². The first-order valence-corrected chi connectivity index (χ1v) is 6.95. The number of nitrogens with zero attached hydrogens (tertiary/aromatic N) is 3. The molecule has 0 saturated heterocycles. The fourth-order valence-electron chi connectivity index (χ4n) is 2.54. The predicted molar refractivity (Wildman–Crippen MR) is 72.0 cm³/mol. The summed E-state index contributed by atoms with van der Waals surface area (Å²) in [6.45, 7) is 4.52. The van der Waals surface area contributed by atoms with Gasteiger partial charge in [0.25, 0.3) is 0 Å². The minimum Gasteiger partial charge on any atom is -0.338 e. The van der Waals surface area contributed by atoms with Crippen molar-refractivity contribution in [2.45, 2.75) is 51.5 Å². The van der Waals surface area contributed by atoms with Crippen LogP contribution in [0.2, 0.25) is 5.15 Å². The van der Waals surface area contributed by atoms with E-state index in [1.165, 1.54) is 0 Å². The van der Waals surface area contributed by atoms with Crippen molar-refractivity contribution in [2.75, 3.05) is 11.4 Å². The summed E-state index contributed by atoms with van der Waals surface area (Å²) < 4.78 is 26.4. The highest BCUT2D eigenvalue weighted by Crippen LogP contribution is 2.35. The van der Waals surface area contributed by atoms with Gasteiger partial charge in [0.1, 0.15) is 5.15 Å². The van der Waals surface area contributed by atoms with Crippen molar-refractivity contribution in [3.63, 3.8) is 0 Å². The third kappa shape index (κ3) is 3.53. The van der Waals surface area contributed by atoms with Gasteiger partial charge in [0.2, 0.25) is 11.9 Å². The number of aryl methyl sites for hydroxylation is 1. The van der Waals surface area contributed by atoms with Gasteiger partial charge in [0, 0.05) is 31.1 Å². The van der Waals surface area contributed by atoms with E-state index >= 15 is 0 Å². The van der Waals surface area contributed by atoms with Crippen LogP contribution in [0.4, 0.5) is 14.7 Å². The minimum atomic E-state index is -2.51. The molecule has 0 aromatic carbocycles. The second-order valence-electron chi connectivity index (χ2n) is 5.01. The number of hydrogen-bond acceptors (Lipinski definition) is 3. The molecule has 0 aliphatic heterocycles. The Morgan fingerprint density at radius 3 is 2.53 bits per heavy atom. The summed E-state index contributed by atoms with van der Waals surface area (Å²) in [5.74, 6) is -1.97. The molecule has 1 aromatic heterocycles. The van der Waals surface area contributed by atoms with E-state index in [1.807, 2.05) is 18.7 Å². The van der Waals surface area contributed by atoms with Gasteiger partial charge in [-0.25, -0.2) is 18.7 Å². The fourth-order valence-corrected chi connectivity index (χ4v) is 2.78. The smallest absolute Gasteiger partial charge is 0.248 e. The van der Waals surface area contributed by atoms with Gasteiger partial charge >= 0.3 is 0 Å². The molecule has 1 aromatic rings. The van der Waals surface area contributed by atoms with Crippen LogP contribution < -0.4 is 4.90 Å². The van der Waals surface area contributed by atoms with Crippen molar-refractivity contribution in [1.82, 2.24) is 9.97 Å². The highest BCUT2D eigenvalue weighted by molar-refractivity contribution is 6.29. The Morgan fingerprint density at radius 1 is 1.37 bits per heavy atom. The number of hydrogen-bond donors (Lipinski definition) is 0. The number of aromatic nitrogens is 2. The van der Waals surface area contributed by atoms with E-state index in [1.54, 1.807) is 6.07 Å². The number of alkyl halides is 2. The number of anilines is 1. The lowest BCUT2D eigenvalue weighted by Gasteiger charge is -2.36. The second kappa shape index (κ2) is 5.57. The Bertz CT molecular complexity index is 423. The minimum absolute atomic E-state index is 0.0618. The molecule has 0 atom stereocenters. The first-order valence-electron chi connectivity index (χ1n) is 6.57. The SMILES string of the molecule is CCN(c1nc(C)cc(Cl)n1)C1CCC(F)(F)CC1. The van der Waals surface area contributed by atoms with E-state index in [9.17, 15) is 8.78 Å². The van der Waals surface area contributed by atoms with Gasteiger partial charge in [0.05, 0.1) is 0 Å². The van der Waals surface area contributed by atoms with Gasteiger partial charge in [-0.3, -0.25) is 0 Å². The molecule has 1 aliphatic carbocycles. The van der Waals surface area contributed by atoms with Crippen molar-refractivity contribution in [2.24, 2.45) is 0 Å². The van der Waals surface area contributed by atoms with E-state index in [-0.39, 0.29) is 18.9 Å². The summed E-state index contributed by atoms with van der Waals surface area (Å²) in [5, 5.41) is 0.391. The van der Waals surface area contributed by atoms with E-state index in [2.05, 4.69) is 9.97 Å². The molecule has 0 N–H and O–H groups in total. The second-order valence-corrected chi connectivity index (χ2v) is 5.39. The maximum Gasteiger partial charge on any atom is 0.248 e. The Labute approximate surface area is 117 Å². The molecule has 0 radical (unpaired) electrons. The first-order chi connectivity index (χ1) is 8.91. The molecule has 0 bridgehead atoms. The third-order valence-electron chi connectivity index (χ3n) is 3.54. The van der Waals surface area contributed by atoms with E-state index < -0.39 is 5.92 Å². The van der Waals surface area contributed by atoms with Crippen LogP contribution in [0.15, 0.2) is 6.07 Å². The summed E-state index contributed by atoms with van der Waals surface area (Å²) >= 11 is 5.94. The van der Waals surface area contributed by atoms with Gasteiger partial charge in [-0.2, -0.15) is 0 Å². The quantitative estimate of drug-likeness (QED) is 0.792. The van der Waals surface area contributed by atoms with Crippen molar-refractivity contribution in [1.29, 1.82) is 0 Å². The molecular weight excluding hydrogens is 272 g/mol. The molecule has 2 rings (SSSR count). The predicted octanol–water partition coefficient (Wildman–Crippen LogP) is 3.84. The number of rotatable bonds is 3.